The molecule has 0 unspecified atom stereocenters. The maximum absolute atomic E-state index is 12.2. The van der Waals surface area contributed by atoms with Gasteiger partial charge in [0.15, 0.2) is 11.5 Å². The Hall–Kier alpha value is -2.60. The average molecular weight is 391 g/mol. The predicted molar refractivity (Wildman–Crippen MR) is 93.4 cm³/mol. The van der Waals surface area contributed by atoms with Gasteiger partial charge in [0.2, 0.25) is 0 Å². The number of ether oxygens (including phenoxy) is 2. The number of carbonyl (C=O) groups excluding carboxylic acids is 1. The van der Waals surface area contributed by atoms with Crippen molar-refractivity contribution in [2.45, 2.75) is 6.92 Å². The van der Waals surface area contributed by atoms with Crippen LogP contribution >= 0.6 is 15.9 Å². The zero-order chi connectivity index (χ0) is 17.5. The molecule has 0 heterocycles. The number of halogens is 1. The molecule has 0 spiro atoms. The van der Waals surface area contributed by atoms with Crippen LogP contribution in [0.3, 0.4) is 0 Å². The topological polar surface area (TPSA) is 72.8 Å². The van der Waals surface area contributed by atoms with E-state index in [0.29, 0.717) is 28.0 Å². The van der Waals surface area contributed by atoms with E-state index in [2.05, 4.69) is 15.9 Å². The molecular formula is C18H15BrO5. The van der Waals surface area contributed by atoms with Crippen LogP contribution in [0.25, 0.3) is 6.08 Å². The minimum Gasteiger partial charge on any atom is -0.490 e. The highest BCUT2D eigenvalue weighted by molar-refractivity contribution is 9.10. The molecule has 0 fully saturated rings. The molecule has 2 rings (SSSR count). The SMILES string of the molecule is CCOc1cc(C=CC(=O)O)cc(Br)c1OC(=O)c1ccccc1. The molecule has 2 aromatic rings. The molecule has 124 valence electrons. The summed E-state index contributed by atoms with van der Waals surface area (Å²) in [7, 11) is 0. The lowest BCUT2D eigenvalue weighted by Crippen LogP contribution is -2.10. The first kappa shape index (κ1) is 17.7. The van der Waals surface area contributed by atoms with Gasteiger partial charge in [0.1, 0.15) is 0 Å². The van der Waals surface area contributed by atoms with E-state index in [1.54, 1.807) is 43.3 Å². The van der Waals surface area contributed by atoms with Crippen molar-refractivity contribution in [1.29, 1.82) is 0 Å². The molecule has 1 N–H and O–H groups in total. The van der Waals surface area contributed by atoms with E-state index in [1.807, 2.05) is 6.07 Å². The van der Waals surface area contributed by atoms with Gasteiger partial charge in [0.25, 0.3) is 0 Å². The Morgan fingerprint density at radius 1 is 1.21 bits per heavy atom. The van der Waals surface area contributed by atoms with Crippen molar-refractivity contribution in [2.75, 3.05) is 6.61 Å². The van der Waals surface area contributed by atoms with Gasteiger partial charge in [-0.2, -0.15) is 0 Å². The largest absolute Gasteiger partial charge is 0.490 e. The van der Waals surface area contributed by atoms with E-state index in [1.165, 1.54) is 6.08 Å². The third kappa shape index (κ3) is 4.70. The number of hydrogen-bond acceptors (Lipinski definition) is 4. The van der Waals surface area contributed by atoms with Crippen molar-refractivity contribution in [1.82, 2.24) is 0 Å². The number of aliphatic carboxylic acids is 1. The first-order valence-corrected chi connectivity index (χ1v) is 7.95. The van der Waals surface area contributed by atoms with Gasteiger partial charge in [-0.05, 0) is 58.8 Å². The summed E-state index contributed by atoms with van der Waals surface area (Å²) in [5.41, 5.74) is 1.02. The molecule has 6 heteroatoms. The molecule has 0 aromatic heterocycles. The van der Waals surface area contributed by atoms with E-state index >= 15 is 0 Å². The third-order valence-corrected chi connectivity index (χ3v) is 3.54. The zero-order valence-electron chi connectivity index (χ0n) is 12.9. The predicted octanol–water partition coefficient (Wildman–Crippen LogP) is 4.16. The lowest BCUT2D eigenvalue weighted by atomic mass is 10.2. The molecule has 0 aliphatic heterocycles. The quantitative estimate of drug-likeness (QED) is 0.455. The lowest BCUT2D eigenvalue weighted by Gasteiger charge is -2.13. The van der Waals surface area contributed by atoms with E-state index in [9.17, 15) is 9.59 Å². The van der Waals surface area contributed by atoms with Crippen LogP contribution in [0.5, 0.6) is 11.5 Å². The Labute approximate surface area is 147 Å². The normalized spacial score (nSPS) is 10.6. The molecule has 0 amide bonds. The van der Waals surface area contributed by atoms with Crippen LogP contribution in [-0.4, -0.2) is 23.7 Å². The molecule has 0 saturated carbocycles. The number of carbonyl (C=O) groups is 2. The van der Waals surface area contributed by atoms with Crippen LogP contribution < -0.4 is 9.47 Å². The van der Waals surface area contributed by atoms with Crippen molar-refractivity contribution in [3.8, 4) is 11.5 Å². The molecule has 0 aliphatic carbocycles. The maximum atomic E-state index is 12.2. The van der Waals surface area contributed by atoms with Gasteiger partial charge in [-0.1, -0.05) is 18.2 Å². The average Bonchev–Trinajstić information content (AvgIpc) is 2.57. The van der Waals surface area contributed by atoms with Gasteiger partial charge in [-0.15, -0.1) is 0 Å². The molecule has 0 bridgehead atoms. The number of rotatable bonds is 6. The Balaban J connectivity index is 2.34. The van der Waals surface area contributed by atoms with Crippen molar-refractivity contribution in [2.24, 2.45) is 0 Å². The van der Waals surface area contributed by atoms with Crippen LogP contribution in [-0.2, 0) is 4.79 Å². The monoisotopic (exact) mass is 390 g/mol. The molecule has 0 saturated heterocycles. The highest BCUT2D eigenvalue weighted by atomic mass is 79.9. The summed E-state index contributed by atoms with van der Waals surface area (Å²) in [5, 5.41) is 8.72. The third-order valence-electron chi connectivity index (χ3n) is 2.95. The van der Waals surface area contributed by atoms with Crippen molar-refractivity contribution in [3.05, 3.63) is 64.1 Å². The van der Waals surface area contributed by atoms with Crippen LogP contribution in [0.15, 0.2) is 53.0 Å². The maximum Gasteiger partial charge on any atom is 0.343 e. The number of benzene rings is 2. The van der Waals surface area contributed by atoms with E-state index in [0.717, 1.165) is 6.08 Å². The second-order valence-electron chi connectivity index (χ2n) is 4.69. The van der Waals surface area contributed by atoms with Gasteiger partial charge in [-0.3, -0.25) is 0 Å². The Morgan fingerprint density at radius 2 is 1.92 bits per heavy atom. The Morgan fingerprint density at radius 3 is 2.54 bits per heavy atom. The minimum atomic E-state index is -1.05. The van der Waals surface area contributed by atoms with Gasteiger partial charge in [0.05, 0.1) is 16.6 Å². The van der Waals surface area contributed by atoms with Crippen LogP contribution in [0.1, 0.15) is 22.8 Å². The fourth-order valence-corrected chi connectivity index (χ4v) is 2.48. The summed E-state index contributed by atoms with van der Waals surface area (Å²) >= 11 is 3.34. The summed E-state index contributed by atoms with van der Waals surface area (Å²) in [6.45, 7) is 2.17. The summed E-state index contributed by atoms with van der Waals surface area (Å²) in [6.07, 6.45) is 2.45. The lowest BCUT2D eigenvalue weighted by molar-refractivity contribution is -0.131. The summed E-state index contributed by atoms with van der Waals surface area (Å²) in [5.74, 6) is -0.964. The van der Waals surface area contributed by atoms with E-state index in [4.69, 9.17) is 14.6 Å². The fraction of sp³-hybridized carbons (Fsp3) is 0.111. The summed E-state index contributed by atoms with van der Waals surface area (Å²) in [6, 6.07) is 11.9. The van der Waals surface area contributed by atoms with Crippen molar-refractivity contribution >= 4 is 33.9 Å². The smallest absolute Gasteiger partial charge is 0.343 e. The van der Waals surface area contributed by atoms with E-state index in [-0.39, 0.29) is 5.75 Å². The van der Waals surface area contributed by atoms with Gasteiger partial charge >= 0.3 is 11.9 Å². The molecule has 2 aromatic carbocycles. The highest BCUT2D eigenvalue weighted by Gasteiger charge is 2.16. The van der Waals surface area contributed by atoms with E-state index < -0.39 is 11.9 Å². The number of carboxylic acid groups (broad SMARTS) is 1. The zero-order valence-corrected chi connectivity index (χ0v) is 14.4. The number of carboxylic acids is 1. The Kier molecular flexibility index (Phi) is 6.14. The second kappa shape index (κ2) is 8.31. The first-order valence-electron chi connectivity index (χ1n) is 7.16. The molecular weight excluding hydrogens is 376 g/mol. The molecule has 5 nitrogen and oxygen atoms in total. The number of esters is 1. The summed E-state index contributed by atoms with van der Waals surface area (Å²) in [4.78, 5) is 22.9. The van der Waals surface area contributed by atoms with Gasteiger partial charge in [-0.25, -0.2) is 9.59 Å². The standard InChI is InChI=1S/C18H15BrO5/c1-2-23-15-11-12(8-9-16(20)21)10-14(19)17(15)24-18(22)13-6-4-3-5-7-13/h3-11H,2H2,1H3,(H,20,21). The van der Waals surface area contributed by atoms with Gasteiger partial charge < -0.3 is 14.6 Å². The highest BCUT2D eigenvalue weighted by Crippen LogP contribution is 2.37. The Bertz CT molecular complexity index is 768. The number of hydrogen-bond donors (Lipinski definition) is 1. The molecule has 0 atom stereocenters. The second-order valence-corrected chi connectivity index (χ2v) is 5.54. The minimum absolute atomic E-state index is 0.248. The van der Waals surface area contributed by atoms with Crippen molar-refractivity contribution in [3.63, 3.8) is 0 Å². The van der Waals surface area contributed by atoms with Crippen LogP contribution in [0.4, 0.5) is 0 Å². The van der Waals surface area contributed by atoms with Crippen LogP contribution in [0.2, 0.25) is 0 Å². The first-order chi connectivity index (χ1) is 11.5. The fourth-order valence-electron chi connectivity index (χ4n) is 1.94. The van der Waals surface area contributed by atoms with Crippen molar-refractivity contribution < 1.29 is 24.2 Å². The summed E-state index contributed by atoms with van der Waals surface area (Å²) < 4.78 is 11.4. The van der Waals surface area contributed by atoms with Gasteiger partial charge in [0, 0.05) is 6.08 Å². The molecule has 0 radical (unpaired) electrons. The van der Waals surface area contributed by atoms with Crippen LogP contribution in [0, 0.1) is 0 Å². The molecule has 0 aliphatic rings. The molecule has 24 heavy (non-hydrogen) atoms.